The zero-order valence-corrected chi connectivity index (χ0v) is 9.32. The topological polar surface area (TPSA) is 23.1 Å². The summed E-state index contributed by atoms with van der Waals surface area (Å²) in [6.45, 7) is 6.80. The van der Waals surface area contributed by atoms with Crippen LogP contribution in [0.15, 0.2) is 12.3 Å². The molecule has 1 nitrogen and oxygen atoms in total. The van der Waals surface area contributed by atoms with Crippen molar-refractivity contribution in [2.75, 3.05) is 0 Å². The summed E-state index contributed by atoms with van der Waals surface area (Å²) < 4.78 is 0. The summed E-state index contributed by atoms with van der Waals surface area (Å²) in [6, 6.07) is 0. The molecule has 7 heavy (non-hydrogen) atoms. The van der Waals surface area contributed by atoms with Gasteiger partial charge in [-0.25, -0.2) is 0 Å². The molecule has 0 saturated carbocycles. The van der Waals surface area contributed by atoms with Gasteiger partial charge in [-0.2, -0.15) is 0 Å². The third-order valence-electron chi connectivity index (χ3n) is 0.492. The van der Waals surface area contributed by atoms with Gasteiger partial charge in [-0.15, -0.1) is 12.3 Å². The Morgan fingerprint density at radius 3 is 1.71 bits per heavy atom. The van der Waals surface area contributed by atoms with Crippen LogP contribution < -0.4 is 56.2 Å². The van der Waals surface area contributed by atoms with Crippen LogP contribution in [0.5, 0.6) is 0 Å². The first-order valence-electron chi connectivity index (χ1n) is 1.90. The quantitative estimate of drug-likeness (QED) is 0.363. The molecule has 0 amide bonds. The SMILES string of the molecule is C=C[Si](C)(C)[O-].[K+]. The standard InChI is InChI=1S/C4H9OSi.K/c1-4-6(2,3)5;/h4H,1H2,2-3H3;/q-1;+1. The fourth-order valence-corrected chi connectivity index (χ4v) is 0. The molecule has 0 aromatic heterocycles. The van der Waals surface area contributed by atoms with Gasteiger partial charge in [-0.3, -0.25) is 0 Å². The van der Waals surface area contributed by atoms with Crippen LogP contribution in [-0.2, 0) is 0 Å². The van der Waals surface area contributed by atoms with Crippen molar-refractivity contribution < 1.29 is 56.2 Å². The smallest absolute Gasteiger partial charge is 0.856 e. The Kier molecular flexibility index (Phi) is 7.20. The molecule has 0 aliphatic carbocycles. The Hall–Kier alpha value is 1.55. The Morgan fingerprint density at radius 1 is 1.57 bits per heavy atom. The maximum atomic E-state index is 10.5. The molecule has 3 heteroatoms. The molecule has 0 aliphatic heterocycles. The van der Waals surface area contributed by atoms with Gasteiger partial charge in [0.15, 0.2) is 0 Å². The van der Waals surface area contributed by atoms with Crippen molar-refractivity contribution in [2.45, 2.75) is 13.1 Å². The molecular formula is C4H9KOSi. The van der Waals surface area contributed by atoms with Gasteiger partial charge in [-0.05, 0) is 8.32 Å². The van der Waals surface area contributed by atoms with Gasteiger partial charge in [0.25, 0.3) is 0 Å². The zero-order valence-electron chi connectivity index (χ0n) is 5.19. The largest absolute Gasteiger partial charge is 1.00 e. The van der Waals surface area contributed by atoms with Crippen molar-refractivity contribution >= 4 is 8.32 Å². The second kappa shape index (κ2) is 4.43. The average molecular weight is 140 g/mol. The summed E-state index contributed by atoms with van der Waals surface area (Å²) >= 11 is 0. The molecule has 0 aromatic rings. The molecule has 0 atom stereocenters. The Labute approximate surface area is 88.4 Å². The maximum Gasteiger partial charge on any atom is 1.00 e. The van der Waals surface area contributed by atoms with Gasteiger partial charge >= 0.3 is 51.4 Å². The van der Waals surface area contributed by atoms with E-state index >= 15 is 0 Å². The minimum absolute atomic E-state index is 0. The normalized spacial score (nSPS) is 9.57. The van der Waals surface area contributed by atoms with Gasteiger partial charge < -0.3 is 4.80 Å². The van der Waals surface area contributed by atoms with E-state index in [1.165, 1.54) is 5.70 Å². The third-order valence-corrected chi connectivity index (χ3v) is 1.47. The molecule has 0 heterocycles. The van der Waals surface area contributed by atoms with Crippen molar-refractivity contribution in [3.63, 3.8) is 0 Å². The molecule has 0 N–H and O–H groups in total. The summed E-state index contributed by atoms with van der Waals surface area (Å²) in [5.74, 6) is 0. The van der Waals surface area contributed by atoms with E-state index in [-0.39, 0.29) is 51.4 Å². The molecule has 0 aliphatic rings. The van der Waals surface area contributed by atoms with Crippen LogP contribution in [0.4, 0.5) is 0 Å². The number of hydrogen-bond acceptors (Lipinski definition) is 1. The van der Waals surface area contributed by atoms with Crippen molar-refractivity contribution in [1.82, 2.24) is 0 Å². The Balaban J connectivity index is 0. The Bertz CT molecular complexity index is 57.2. The summed E-state index contributed by atoms with van der Waals surface area (Å²) in [7, 11) is -2.12. The average Bonchev–Trinajstić information content (AvgIpc) is 1.35. The molecule has 0 radical (unpaired) electrons. The molecule has 36 valence electrons. The molecule has 0 unspecified atom stereocenters. The molecule has 0 bridgehead atoms. The van der Waals surface area contributed by atoms with E-state index in [0.29, 0.717) is 0 Å². The van der Waals surface area contributed by atoms with E-state index in [9.17, 15) is 4.80 Å². The molecule has 0 rings (SSSR count). The van der Waals surface area contributed by atoms with Gasteiger partial charge in [0.1, 0.15) is 0 Å². The van der Waals surface area contributed by atoms with Crippen molar-refractivity contribution in [3.05, 3.63) is 12.3 Å². The van der Waals surface area contributed by atoms with E-state index < -0.39 is 8.32 Å². The van der Waals surface area contributed by atoms with E-state index in [1.807, 2.05) is 0 Å². The first kappa shape index (κ1) is 11.4. The maximum absolute atomic E-state index is 10.5. The predicted octanol–water partition coefficient (Wildman–Crippen LogP) is -2.72. The zero-order chi connectivity index (χ0) is 5.21. The van der Waals surface area contributed by atoms with Crippen molar-refractivity contribution in [1.29, 1.82) is 0 Å². The van der Waals surface area contributed by atoms with Gasteiger partial charge in [0, 0.05) is 0 Å². The monoisotopic (exact) mass is 140 g/mol. The van der Waals surface area contributed by atoms with Crippen LogP contribution in [0.25, 0.3) is 0 Å². The fourth-order valence-electron chi connectivity index (χ4n) is 0. The summed E-state index contributed by atoms with van der Waals surface area (Å²) in [6.07, 6.45) is 0. The number of rotatable bonds is 1. The first-order valence-corrected chi connectivity index (χ1v) is 4.89. The van der Waals surface area contributed by atoms with Gasteiger partial charge in [-0.1, -0.05) is 13.1 Å². The second-order valence-corrected chi connectivity index (χ2v) is 5.42. The summed E-state index contributed by atoms with van der Waals surface area (Å²) in [5, 5.41) is 0. The first-order chi connectivity index (χ1) is 2.56. The van der Waals surface area contributed by atoms with E-state index in [0.717, 1.165) is 0 Å². The summed E-state index contributed by atoms with van der Waals surface area (Å²) in [4.78, 5) is 10.5. The van der Waals surface area contributed by atoms with Crippen LogP contribution >= 0.6 is 0 Å². The van der Waals surface area contributed by atoms with E-state index in [2.05, 4.69) is 6.58 Å². The molecule has 0 fully saturated rings. The van der Waals surface area contributed by atoms with Gasteiger partial charge in [0.05, 0.1) is 0 Å². The Morgan fingerprint density at radius 2 is 1.71 bits per heavy atom. The third kappa shape index (κ3) is 11.2. The van der Waals surface area contributed by atoms with Crippen LogP contribution in [0.2, 0.25) is 13.1 Å². The van der Waals surface area contributed by atoms with Crippen LogP contribution in [0.3, 0.4) is 0 Å². The fraction of sp³-hybridized carbons (Fsp3) is 0.500. The van der Waals surface area contributed by atoms with Crippen LogP contribution in [-0.4, -0.2) is 8.32 Å². The van der Waals surface area contributed by atoms with E-state index in [4.69, 9.17) is 0 Å². The minimum atomic E-state index is -2.12. The van der Waals surface area contributed by atoms with Gasteiger partial charge in [0.2, 0.25) is 0 Å². The van der Waals surface area contributed by atoms with E-state index in [1.54, 1.807) is 13.1 Å². The molecule has 0 saturated heterocycles. The van der Waals surface area contributed by atoms with Crippen molar-refractivity contribution in [3.8, 4) is 0 Å². The minimum Gasteiger partial charge on any atom is -0.856 e. The molecular weight excluding hydrogens is 131 g/mol. The van der Waals surface area contributed by atoms with Crippen molar-refractivity contribution in [2.24, 2.45) is 0 Å². The van der Waals surface area contributed by atoms with Crippen LogP contribution in [0.1, 0.15) is 0 Å². The molecule has 0 spiro atoms. The predicted molar refractivity (Wildman–Crippen MR) is 27.7 cm³/mol. The summed E-state index contributed by atoms with van der Waals surface area (Å²) in [5.41, 5.74) is 1.52. The molecule has 0 aromatic carbocycles. The number of hydrogen-bond donors (Lipinski definition) is 0. The second-order valence-electron chi connectivity index (χ2n) is 1.81. The van der Waals surface area contributed by atoms with Crippen LogP contribution in [0, 0.1) is 0 Å².